The summed E-state index contributed by atoms with van der Waals surface area (Å²) >= 11 is 0. The van der Waals surface area contributed by atoms with Crippen LogP contribution in [0, 0.1) is 5.41 Å². The van der Waals surface area contributed by atoms with Crippen LogP contribution in [0.15, 0.2) is 0 Å². The molecule has 0 aromatic rings. The van der Waals surface area contributed by atoms with E-state index in [9.17, 15) is 9.59 Å². The van der Waals surface area contributed by atoms with Gasteiger partial charge >= 0.3 is 12.1 Å². The van der Waals surface area contributed by atoms with Crippen LogP contribution < -0.4 is 5.32 Å². The zero-order valence-corrected chi connectivity index (χ0v) is 10.4. The number of rotatable bonds is 4. The number of alkyl carbamates (subject to hydrolysis) is 1. The Kier molecular flexibility index (Phi) is 3.98. The van der Waals surface area contributed by atoms with Gasteiger partial charge in [-0.15, -0.1) is 0 Å². The molecule has 0 bridgehead atoms. The topological polar surface area (TPSA) is 84.9 Å². The van der Waals surface area contributed by atoms with Gasteiger partial charge in [-0.3, -0.25) is 4.79 Å². The van der Waals surface area contributed by atoms with E-state index in [0.717, 1.165) is 0 Å². The second-order valence-corrected chi connectivity index (χ2v) is 5.20. The molecule has 0 unspecified atom stereocenters. The van der Waals surface area contributed by atoms with Crippen molar-refractivity contribution in [2.24, 2.45) is 5.41 Å². The minimum absolute atomic E-state index is 0.181. The van der Waals surface area contributed by atoms with Gasteiger partial charge in [0.15, 0.2) is 6.79 Å². The van der Waals surface area contributed by atoms with E-state index in [-0.39, 0.29) is 6.54 Å². The van der Waals surface area contributed by atoms with Gasteiger partial charge in [-0.25, -0.2) is 4.79 Å². The average molecular weight is 245 g/mol. The van der Waals surface area contributed by atoms with E-state index in [1.165, 1.54) is 0 Å². The number of aliphatic hydroxyl groups excluding tert-OH is 1. The fourth-order valence-corrected chi connectivity index (χ4v) is 1.37. The molecule has 0 aromatic carbocycles. The number of amides is 1. The summed E-state index contributed by atoms with van der Waals surface area (Å²) in [7, 11) is 0. The molecular weight excluding hydrogens is 226 g/mol. The smallest absolute Gasteiger partial charge is 0.407 e. The van der Waals surface area contributed by atoms with Crippen molar-refractivity contribution in [1.82, 2.24) is 5.32 Å². The Morgan fingerprint density at radius 2 is 1.94 bits per heavy atom. The zero-order chi connectivity index (χ0) is 13.1. The van der Waals surface area contributed by atoms with Crippen LogP contribution in [0.25, 0.3) is 0 Å². The lowest BCUT2D eigenvalue weighted by molar-refractivity contribution is -0.158. The van der Waals surface area contributed by atoms with Crippen molar-refractivity contribution in [3.8, 4) is 0 Å². The molecule has 1 rings (SSSR count). The number of hydrogen-bond acceptors (Lipinski definition) is 5. The molecule has 0 aromatic heterocycles. The number of aliphatic hydroxyl groups is 1. The standard InChI is InChI=1S/C11H19NO5/c1-10(2,3)17-9(15)12-6-11(4-5-11)8(14)16-7-13/h13H,4-7H2,1-3H3,(H,12,15). The summed E-state index contributed by atoms with van der Waals surface area (Å²) in [6, 6.07) is 0. The maximum Gasteiger partial charge on any atom is 0.407 e. The van der Waals surface area contributed by atoms with Crippen molar-refractivity contribution in [3.63, 3.8) is 0 Å². The SMILES string of the molecule is CC(C)(C)OC(=O)NCC1(C(=O)OCO)CC1. The van der Waals surface area contributed by atoms with Crippen LogP contribution >= 0.6 is 0 Å². The number of ether oxygens (including phenoxy) is 2. The number of esters is 1. The predicted octanol–water partition coefficient (Wildman–Crippen LogP) is 0.784. The Bertz CT molecular complexity index is 303. The molecule has 1 aliphatic carbocycles. The van der Waals surface area contributed by atoms with Crippen LogP contribution in [-0.2, 0) is 14.3 Å². The van der Waals surface area contributed by atoms with Gasteiger partial charge in [0.05, 0.1) is 5.41 Å². The van der Waals surface area contributed by atoms with E-state index in [0.29, 0.717) is 12.8 Å². The van der Waals surface area contributed by atoms with Gasteiger partial charge in [-0.2, -0.15) is 0 Å². The molecule has 0 heterocycles. The van der Waals surface area contributed by atoms with Gasteiger partial charge in [0, 0.05) is 6.54 Å². The third-order valence-electron chi connectivity index (χ3n) is 2.45. The molecule has 1 aliphatic rings. The molecule has 98 valence electrons. The maximum absolute atomic E-state index is 11.5. The first kappa shape index (κ1) is 13.8. The van der Waals surface area contributed by atoms with Gasteiger partial charge in [0.1, 0.15) is 5.60 Å². The van der Waals surface area contributed by atoms with E-state index >= 15 is 0 Å². The quantitative estimate of drug-likeness (QED) is 0.565. The lowest BCUT2D eigenvalue weighted by Gasteiger charge is -2.21. The Balaban J connectivity index is 2.36. The van der Waals surface area contributed by atoms with Crippen molar-refractivity contribution >= 4 is 12.1 Å². The van der Waals surface area contributed by atoms with Gasteiger partial charge in [-0.05, 0) is 33.6 Å². The Labute approximate surface area is 100 Å². The molecule has 0 aliphatic heterocycles. The fourth-order valence-electron chi connectivity index (χ4n) is 1.37. The normalized spacial score (nSPS) is 17.2. The highest BCUT2D eigenvalue weighted by Gasteiger charge is 2.51. The summed E-state index contributed by atoms with van der Waals surface area (Å²) in [5.74, 6) is -0.476. The van der Waals surface area contributed by atoms with Gasteiger partial charge in [0.25, 0.3) is 0 Å². The predicted molar refractivity (Wildman–Crippen MR) is 59.1 cm³/mol. The summed E-state index contributed by atoms with van der Waals surface area (Å²) in [5, 5.41) is 11.0. The molecule has 0 spiro atoms. The Morgan fingerprint density at radius 1 is 1.35 bits per heavy atom. The summed E-state index contributed by atoms with van der Waals surface area (Å²) in [5.41, 5.74) is -1.23. The zero-order valence-electron chi connectivity index (χ0n) is 10.4. The van der Waals surface area contributed by atoms with E-state index in [1.807, 2.05) is 0 Å². The summed E-state index contributed by atoms with van der Waals surface area (Å²) in [6.07, 6.45) is 0.754. The van der Waals surface area contributed by atoms with Crippen molar-refractivity contribution in [1.29, 1.82) is 0 Å². The molecule has 1 saturated carbocycles. The Morgan fingerprint density at radius 3 is 2.35 bits per heavy atom. The summed E-state index contributed by atoms with van der Waals surface area (Å²) in [6.45, 7) is 4.84. The van der Waals surface area contributed by atoms with Gasteiger partial charge in [-0.1, -0.05) is 0 Å². The highest BCUT2D eigenvalue weighted by atomic mass is 16.6. The monoisotopic (exact) mass is 245 g/mol. The largest absolute Gasteiger partial charge is 0.444 e. The van der Waals surface area contributed by atoms with E-state index in [2.05, 4.69) is 10.1 Å². The Hall–Kier alpha value is -1.30. The van der Waals surface area contributed by atoms with Gasteiger partial charge < -0.3 is 19.9 Å². The molecule has 0 saturated heterocycles. The van der Waals surface area contributed by atoms with Crippen molar-refractivity contribution < 1.29 is 24.2 Å². The molecule has 0 radical (unpaired) electrons. The summed E-state index contributed by atoms with van der Waals surface area (Å²) < 4.78 is 9.58. The third-order valence-corrected chi connectivity index (χ3v) is 2.45. The van der Waals surface area contributed by atoms with E-state index in [4.69, 9.17) is 9.84 Å². The lowest BCUT2D eigenvalue weighted by atomic mass is 10.1. The lowest BCUT2D eigenvalue weighted by Crippen LogP contribution is -2.38. The first-order chi connectivity index (χ1) is 7.79. The minimum Gasteiger partial charge on any atom is -0.444 e. The van der Waals surface area contributed by atoms with Crippen LogP contribution in [0.4, 0.5) is 4.79 Å². The average Bonchev–Trinajstić information content (AvgIpc) is 2.93. The third kappa shape index (κ3) is 4.22. The van der Waals surface area contributed by atoms with E-state index in [1.54, 1.807) is 20.8 Å². The van der Waals surface area contributed by atoms with Crippen LogP contribution in [-0.4, -0.2) is 36.1 Å². The van der Waals surface area contributed by atoms with Crippen molar-refractivity contribution in [2.75, 3.05) is 13.3 Å². The van der Waals surface area contributed by atoms with Crippen LogP contribution in [0.5, 0.6) is 0 Å². The molecule has 1 amide bonds. The number of hydrogen-bond donors (Lipinski definition) is 2. The fraction of sp³-hybridized carbons (Fsp3) is 0.818. The molecule has 0 atom stereocenters. The first-order valence-electron chi connectivity index (χ1n) is 5.54. The van der Waals surface area contributed by atoms with Crippen LogP contribution in [0.2, 0.25) is 0 Å². The van der Waals surface area contributed by atoms with Crippen LogP contribution in [0.3, 0.4) is 0 Å². The molecule has 17 heavy (non-hydrogen) atoms. The second kappa shape index (κ2) is 4.91. The minimum atomic E-state index is -0.667. The highest BCUT2D eigenvalue weighted by Crippen LogP contribution is 2.46. The molecule has 2 N–H and O–H groups in total. The number of carbonyl (C=O) groups is 2. The van der Waals surface area contributed by atoms with Crippen molar-refractivity contribution in [3.05, 3.63) is 0 Å². The first-order valence-corrected chi connectivity index (χ1v) is 5.54. The highest BCUT2D eigenvalue weighted by molar-refractivity contribution is 5.81. The maximum atomic E-state index is 11.5. The molecule has 6 heteroatoms. The van der Waals surface area contributed by atoms with Gasteiger partial charge in [0.2, 0.25) is 0 Å². The number of carbonyl (C=O) groups excluding carboxylic acids is 2. The van der Waals surface area contributed by atoms with Crippen LogP contribution in [0.1, 0.15) is 33.6 Å². The van der Waals surface area contributed by atoms with Crippen molar-refractivity contribution in [2.45, 2.75) is 39.2 Å². The molecule has 6 nitrogen and oxygen atoms in total. The number of nitrogens with one attached hydrogen (secondary N) is 1. The second-order valence-electron chi connectivity index (χ2n) is 5.20. The summed E-state index contributed by atoms with van der Waals surface area (Å²) in [4.78, 5) is 22.8. The van der Waals surface area contributed by atoms with E-state index < -0.39 is 29.9 Å². The molecule has 1 fully saturated rings. The molecular formula is C11H19NO5.